The summed E-state index contributed by atoms with van der Waals surface area (Å²) in [6.07, 6.45) is -6.46. The molecule has 0 spiro atoms. The van der Waals surface area contributed by atoms with Crippen LogP contribution < -0.4 is 0 Å². The maximum atomic E-state index is 12.9. The zero-order valence-electron chi connectivity index (χ0n) is 12.2. The van der Waals surface area contributed by atoms with E-state index in [4.69, 9.17) is 0 Å². The molecule has 0 amide bonds. The number of halogens is 5. The first-order chi connectivity index (χ1) is 11.0. The molecule has 0 bridgehead atoms. The van der Waals surface area contributed by atoms with E-state index in [2.05, 4.69) is 15.4 Å². The molecule has 0 unspecified atom stereocenters. The fourth-order valence-corrected chi connectivity index (χ4v) is 3.34. The first kappa shape index (κ1) is 18.3. The molecule has 0 aliphatic rings. The van der Waals surface area contributed by atoms with Gasteiger partial charge >= 0.3 is 6.18 Å². The molecule has 0 N–H and O–H groups in total. The Hall–Kier alpha value is -2.05. The van der Waals surface area contributed by atoms with E-state index in [0.29, 0.717) is 4.68 Å². The lowest BCUT2D eigenvalue weighted by atomic mass is 10.3. The summed E-state index contributed by atoms with van der Waals surface area (Å²) in [6, 6.07) is 1.12. The van der Waals surface area contributed by atoms with Crippen molar-refractivity contribution < 1.29 is 30.4 Å². The van der Waals surface area contributed by atoms with E-state index < -0.39 is 51.9 Å². The summed E-state index contributed by atoms with van der Waals surface area (Å²) in [5.41, 5.74) is -1.15. The van der Waals surface area contributed by atoms with Crippen molar-refractivity contribution in [2.24, 2.45) is 7.05 Å². The monoisotopic (exact) mass is 373 g/mol. The van der Waals surface area contributed by atoms with Gasteiger partial charge in [0.25, 0.3) is 6.43 Å². The topological polar surface area (TPSA) is 82.7 Å². The molecule has 2 rings (SSSR count). The van der Waals surface area contributed by atoms with E-state index in [1.165, 1.54) is 7.05 Å². The van der Waals surface area contributed by atoms with Crippen molar-refractivity contribution in [3.05, 3.63) is 29.3 Å². The average molecular weight is 373 g/mol. The van der Waals surface area contributed by atoms with Gasteiger partial charge in [0.2, 0.25) is 0 Å². The first-order valence-electron chi connectivity index (χ1n) is 6.43. The SMILES string of the molecule is Cn1nnc(CS(=O)(=O)Cc2ccn(CC(F)(F)F)n2)c1C(F)F. The number of sulfone groups is 1. The molecule has 0 atom stereocenters. The molecule has 24 heavy (non-hydrogen) atoms. The van der Waals surface area contributed by atoms with Crippen LogP contribution in [0.15, 0.2) is 12.3 Å². The van der Waals surface area contributed by atoms with Gasteiger partial charge in [-0.05, 0) is 6.07 Å². The number of aromatic nitrogens is 5. The second-order valence-corrected chi connectivity index (χ2v) is 7.06. The van der Waals surface area contributed by atoms with Crippen LogP contribution in [0.25, 0.3) is 0 Å². The predicted molar refractivity (Wildman–Crippen MR) is 70.6 cm³/mol. The summed E-state index contributed by atoms with van der Waals surface area (Å²) in [7, 11) is -2.77. The third-order valence-corrected chi connectivity index (χ3v) is 4.36. The molecular weight excluding hydrogens is 361 g/mol. The van der Waals surface area contributed by atoms with Crippen LogP contribution in [0.4, 0.5) is 22.0 Å². The summed E-state index contributed by atoms with van der Waals surface area (Å²) in [5, 5.41) is 10.3. The van der Waals surface area contributed by atoms with E-state index in [-0.39, 0.29) is 5.69 Å². The molecule has 2 aromatic heterocycles. The number of aryl methyl sites for hydroxylation is 1. The number of hydrogen-bond donors (Lipinski definition) is 0. The molecule has 134 valence electrons. The van der Waals surface area contributed by atoms with Gasteiger partial charge < -0.3 is 0 Å². The zero-order chi connectivity index (χ0) is 18.1. The van der Waals surface area contributed by atoms with Crippen molar-refractivity contribution in [1.29, 1.82) is 0 Å². The minimum atomic E-state index is -4.49. The van der Waals surface area contributed by atoms with Crippen molar-refractivity contribution in [1.82, 2.24) is 24.8 Å². The fourth-order valence-electron chi connectivity index (χ4n) is 2.01. The van der Waals surface area contributed by atoms with Crippen LogP contribution in [0.3, 0.4) is 0 Å². The third kappa shape index (κ3) is 4.72. The third-order valence-electron chi connectivity index (χ3n) is 2.91. The average Bonchev–Trinajstić information content (AvgIpc) is 2.93. The van der Waals surface area contributed by atoms with Crippen molar-refractivity contribution in [3.8, 4) is 0 Å². The lowest BCUT2D eigenvalue weighted by Crippen LogP contribution is -2.18. The zero-order valence-corrected chi connectivity index (χ0v) is 13.0. The van der Waals surface area contributed by atoms with Crippen molar-refractivity contribution >= 4 is 9.84 Å². The Balaban J connectivity index is 2.12. The van der Waals surface area contributed by atoms with Gasteiger partial charge in [0.05, 0.1) is 17.2 Å². The van der Waals surface area contributed by atoms with Gasteiger partial charge in [-0.1, -0.05) is 5.21 Å². The molecule has 2 heterocycles. The van der Waals surface area contributed by atoms with Crippen LogP contribution in [0.1, 0.15) is 23.5 Å². The van der Waals surface area contributed by atoms with Gasteiger partial charge in [0.15, 0.2) is 9.84 Å². The molecule has 0 saturated heterocycles. The molecule has 2 aromatic rings. The van der Waals surface area contributed by atoms with Crippen molar-refractivity contribution in [2.75, 3.05) is 0 Å². The van der Waals surface area contributed by atoms with Crippen molar-refractivity contribution in [3.63, 3.8) is 0 Å². The Labute approximate surface area is 133 Å². The quantitative estimate of drug-likeness (QED) is 0.719. The first-order valence-corrected chi connectivity index (χ1v) is 8.25. The lowest BCUT2D eigenvalue weighted by molar-refractivity contribution is -0.142. The van der Waals surface area contributed by atoms with E-state index in [0.717, 1.165) is 16.9 Å². The Kier molecular flexibility index (Phi) is 4.92. The molecular formula is C11H12F5N5O2S. The standard InChI is InChI=1S/C11H12F5N5O2S/c1-20-9(10(12)13)8(17-19-20)5-24(22,23)4-7-2-3-21(18-7)6-11(14,15)16/h2-3,10H,4-6H2,1H3. The van der Waals surface area contributed by atoms with Gasteiger partial charge in [-0.25, -0.2) is 21.9 Å². The summed E-state index contributed by atoms with van der Waals surface area (Å²) >= 11 is 0. The second kappa shape index (κ2) is 6.45. The Bertz CT molecular complexity index is 811. The minimum Gasteiger partial charge on any atom is -0.263 e. The summed E-state index contributed by atoms with van der Waals surface area (Å²) in [6.45, 7) is -1.35. The number of hydrogen-bond acceptors (Lipinski definition) is 5. The Morgan fingerprint density at radius 2 is 1.92 bits per heavy atom. The highest BCUT2D eigenvalue weighted by molar-refractivity contribution is 7.89. The molecule has 7 nitrogen and oxygen atoms in total. The van der Waals surface area contributed by atoms with Crippen LogP contribution in [0, 0.1) is 0 Å². The van der Waals surface area contributed by atoms with Gasteiger partial charge in [-0.2, -0.15) is 18.3 Å². The van der Waals surface area contributed by atoms with Gasteiger partial charge in [0.1, 0.15) is 17.9 Å². The molecule has 0 aliphatic carbocycles. The van der Waals surface area contributed by atoms with Gasteiger partial charge in [-0.3, -0.25) is 4.68 Å². The lowest BCUT2D eigenvalue weighted by Gasteiger charge is -2.06. The Morgan fingerprint density at radius 3 is 2.50 bits per heavy atom. The van der Waals surface area contributed by atoms with Crippen molar-refractivity contribution in [2.45, 2.75) is 30.7 Å². The Morgan fingerprint density at radius 1 is 1.25 bits per heavy atom. The highest BCUT2D eigenvalue weighted by Gasteiger charge is 2.29. The van der Waals surface area contributed by atoms with E-state index >= 15 is 0 Å². The second-order valence-electron chi connectivity index (χ2n) is 5.00. The van der Waals surface area contributed by atoms with Crippen LogP contribution in [-0.2, 0) is 34.9 Å². The van der Waals surface area contributed by atoms with Gasteiger partial charge in [-0.15, -0.1) is 5.10 Å². The molecule has 0 fully saturated rings. The maximum absolute atomic E-state index is 12.9. The number of nitrogens with zero attached hydrogens (tertiary/aromatic N) is 5. The molecule has 13 heteroatoms. The molecule has 0 aliphatic heterocycles. The minimum absolute atomic E-state index is 0.123. The van der Waals surface area contributed by atoms with E-state index in [1.807, 2.05) is 0 Å². The van der Waals surface area contributed by atoms with Gasteiger partial charge in [0, 0.05) is 13.2 Å². The van der Waals surface area contributed by atoms with Crippen LogP contribution in [0.2, 0.25) is 0 Å². The molecule has 0 saturated carbocycles. The smallest absolute Gasteiger partial charge is 0.263 e. The van der Waals surface area contributed by atoms with E-state index in [1.54, 1.807) is 0 Å². The molecule has 0 aromatic carbocycles. The number of rotatable bonds is 6. The van der Waals surface area contributed by atoms with Crippen LogP contribution in [-0.4, -0.2) is 39.4 Å². The molecule has 0 radical (unpaired) electrons. The maximum Gasteiger partial charge on any atom is 0.408 e. The summed E-state index contributed by atoms with van der Waals surface area (Å²) < 4.78 is 87.9. The van der Waals surface area contributed by atoms with Crippen LogP contribution in [0.5, 0.6) is 0 Å². The largest absolute Gasteiger partial charge is 0.408 e. The summed E-state index contributed by atoms with van der Waals surface area (Å²) in [4.78, 5) is 0. The van der Waals surface area contributed by atoms with E-state index in [9.17, 15) is 30.4 Å². The highest BCUT2D eigenvalue weighted by Crippen LogP contribution is 2.23. The van der Waals surface area contributed by atoms with Crippen LogP contribution >= 0.6 is 0 Å². The normalized spacial score (nSPS) is 13.0. The predicted octanol–water partition coefficient (Wildman–Crippen LogP) is 1.63. The number of alkyl halides is 5. The summed E-state index contributed by atoms with van der Waals surface area (Å²) in [5.74, 6) is -1.51. The fraction of sp³-hybridized carbons (Fsp3) is 0.545. The highest BCUT2D eigenvalue weighted by atomic mass is 32.2.